The first kappa shape index (κ1) is 12.5. The summed E-state index contributed by atoms with van der Waals surface area (Å²) in [5, 5.41) is 0. The Balaban J connectivity index is 2.37. The minimum Gasteiger partial charge on any atom is -0.426 e. The fraction of sp³-hybridized carbons (Fsp3) is 0.417. The van der Waals surface area contributed by atoms with Gasteiger partial charge in [-0.15, -0.1) is 0 Å². The van der Waals surface area contributed by atoms with Gasteiger partial charge in [-0.1, -0.05) is 22.9 Å². The minimum absolute atomic E-state index is 0.241. The van der Waals surface area contributed by atoms with Crippen molar-refractivity contribution in [1.29, 1.82) is 0 Å². The second kappa shape index (κ2) is 5.16. The molecule has 1 aromatic rings. The van der Waals surface area contributed by atoms with Gasteiger partial charge in [0.15, 0.2) is 0 Å². The normalized spacial score (nSPS) is 18.6. The lowest BCUT2D eigenvalue weighted by molar-refractivity contribution is -0.134. The van der Waals surface area contributed by atoms with Crippen LogP contribution in [0.1, 0.15) is 24.5 Å². The Morgan fingerprint density at radius 1 is 1.59 bits per heavy atom. The molecule has 0 fully saturated rings. The Hall–Kier alpha value is -0.910. The van der Waals surface area contributed by atoms with E-state index in [1.54, 1.807) is 13.0 Å². The van der Waals surface area contributed by atoms with E-state index in [9.17, 15) is 4.79 Å². The van der Waals surface area contributed by atoms with Gasteiger partial charge in [-0.05, 0) is 17.7 Å². The zero-order valence-electron chi connectivity index (χ0n) is 9.53. The van der Waals surface area contributed by atoms with Crippen molar-refractivity contribution in [1.82, 2.24) is 0 Å². The second-order valence-corrected chi connectivity index (χ2v) is 4.74. The fourth-order valence-corrected chi connectivity index (χ4v) is 2.25. The minimum atomic E-state index is -0.337. The summed E-state index contributed by atoms with van der Waals surface area (Å²) in [7, 11) is 0. The van der Waals surface area contributed by atoms with Crippen molar-refractivity contribution in [2.75, 3.05) is 0 Å². The van der Waals surface area contributed by atoms with Crippen LogP contribution in [-0.2, 0) is 22.6 Å². The summed E-state index contributed by atoms with van der Waals surface area (Å²) in [6, 6.07) is 3.64. The Morgan fingerprint density at radius 2 is 2.35 bits per heavy atom. The number of fused-ring (bicyclic) bond motifs is 1. The molecule has 2 N–H and O–H groups in total. The standard InChI is InChI=1S/C12H14BrNO3/c1-2-12(15)17-10-4-3-9(13)8-6-16-11(14)5-7(8)10/h3-4,11H,2,5-6,14H2,1H3/t11-/m0/s1. The predicted molar refractivity (Wildman–Crippen MR) is 66.5 cm³/mol. The maximum atomic E-state index is 11.3. The molecule has 0 unspecified atom stereocenters. The highest BCUT2D eigenvalue weighted by Gasteiger charge is 2.22. The molecule has 0 amide bonds. The number of carbonyl (C=O) groups excluding carboxylic acids is 1. The van der Waals surface area contributed by atoms with E-state index in [0.29, 0.717) is 25.2 Å². The van der Waals surface area contributed by atoms with E-state index >= 15 is 0 Å². The van der Waals surface area contributed by atoms with Crippen molar-refractivity contribution < 1.29 is 14.3 Å². The van der Waals surface area contributed by atoms with E-state index in [1.165, 1.54) is 0 Å². The summed E-state index contributed by atoms with van der Waals surface area (Å²) in [5.41, 5.74) is 7.72. The zero-order valence-corrected chi connectivity index (χ0v) is 11.1. The Labute approximate surface area is 108 Å². The lowest BCUT2D eigenvalue weighted by Gasteiger charge is -2.25. The lowest BCUT2D eigenvalue weighted by atomic mass is 10.0. The number of halogens is 1. The molecule has 0 aliphatic carbocycles. The Bertz CT molecular complexity index is 448. The van der Waals surface area contributed by atoms with Crippen LogP contribution in [0.3, 0.4) is 0 Å². The van der Waals surface area contributed by atoms with Gasteiger partial charge in [0.2, 0.25) is 0 Å². The summed E-state index contributed by atoms with van der Waals surface area (Å²) >= 11 is 3.46. The molecule has 1 aliphatic heterocycles. The number of ether oxygens (including phenoxy) is 2. The molecule has 1 heterocycles. The average Bonchev–Trinajstić information content (AvgIpc) is 2.32. The fourth-order valence-electron chi connectivity index (χ4n) is 1.76. The number of benzene rings is 1. The van der Waals surface area contributed by atoms with Crippen molar-refractivity contribution in [3.8, 4) is 5.75 Å². The molecule has 0 saturated heterocycles. The third-order valence-electron chi connectivity index (χ3n) is 2.69. The molecule has 92 valence electrons. The summed E-state index contributed by atoms with van der Waals surface area (Å²) in [6.45, 7) is 2.21. The summed E-state index contributed by atoms with van der Waals surface area (Å²) in [4.78, 5) is 11.3. The van der Waals surface area contributed by atoms with Crippen molar-refractivity contribution in [2.24, 2.45) is 5.73 Å². The monoisotopic (exact) mass is 299 g/mol. The topological polar surface area (TPSA) is 61.5 Å². The van der Waals surface area contributed by atoms with E-state index in [2.05, 4.69) is 15.9 Å². The van der Waals surface area contributed by atoms with Crippen molar-refractivity contribution >= 4 is 21.9 Å². The molecule has 0 bridgehead atoms. The zero-order chi connectivity index (χ0) is 12.4. The molecule has 2 rings (SSSR count). The Kier molecular flexibility index (Phi) is 3.81. The van der Waals surface area contributed by atoms with Crippen LogP contribution in [0.25, 0.3) is 0 Å². The van der Waals surface area contributed by atoms with Crippen LogP contribution in [0.2, 0.25) is 0 Å². The molecule has 0 spiro atoms. The Morgan fingerprint density at radius 3 is 3.06 bits per heavy atom. The molecule has 5 heteroatoms. The van der Waals surface area contributed by atoms with Gasteiger partial charge in [-0.3, -0.25) is 4.79 Å². The van der Waals surface area contributed by atoms with Gasteiger partial charge in [0.1, 0.15) is 12.0 Å². The second-order valence-electron chi connectivity index (χ2n) is 3.88. The molecule has 0 radical (unpaired) electrons. The van der Waals surface area contributed by atoms with Gasteiger partial charge in [-0.2, -0.15) is 0 Å². The van der Waals surface area contributed by atoms with Crippen LogP contribution in [0.5, 0.6) is 5.75 Å². The molecule has 0 aromatic heterocycles. The molecule has 0 saturated carbocycles. The first-order valence-electron chi connectivity index (χ1n) is 5.50. The highest BCUT2D eigenvalue weighted by molar-refractivity contribution is 9.10. The van der Waals surface area contributed by atoms with Crippen LogP contribution < -0.4 is 10.5 Å². The van der Waals surface area contributed by atoms with Crippen molar-refractivity contribution in [3.63, 3.8) is 0 Å². The molecule has 1 aliphatic rings. The molecule has 1 aromatic carbocycles. The van der Waals surface area contributed by atoms with Gasteiger partial charge < -0.3 is 15.2 Å². The van der Waals surface area contributed by atoms with Gasteiger partial charge in [0.05, 0.1) is 6.61 Å². The van der Waals surface area contributed by atoms with E-state index in [1.807, 2.05) is 6.07 Å². The van der Waals surface area contributed by atoms with E-state index in [0.717, 1.165) is 15.6 Å². The number of rotatable bonds is 2. The summed E-state index contributed by atoms with van der Waals surface area (Å²) < 4.78 is 11.6. The molecular weight excluding hydrogens is 286 g/mol. The average molecular weight is 300 g/mol. The van der Waals surface area contributed by atoms with Crippen molar-refractivity contribution in [3.05, 3.63) is 27.7 Å². The number of carbonyl (C=O) groups is 1. The lowest BCUT2D eigenvalue weighted by Crippen LogP contribution is -2.31. The first-order chi connectivity index (χ1) is 8.11. The smallest absolute Gasteiger partial charge is 0.310 e. The number of hydrogen-bond donors (Lipinski definition) is 1. The van der Waals surface area contributed by atoms with Crippen LogP contribution in [0.15, 0.2) is 16.6 Å². The van der Waals surface area contributed by atoms with Gasteiger partial charge in [-0.25, -0.2) is 0 Å². The highest BCUT2D eigenvalue weighted by atomic mass is 79.9. The SMILES string of the molecule is CCC(=O)Oc1ccc(Br)c2c1C[C@@H](N)OC2. The molecule has 1 atom stereocenters. The number of nitrogens with two attached hydrogens (primary N) is 1. The summed E-state index contributed by atoms with van der Waals surface area (Å²) in [6.07, 6.45) is 0.574. The maximum Gasteiger partial charge on any atom is 0.310 e. The molecular formula is C12H14BrNO3. The number of hydrogen-bond acceptors (Lipinski definition) is 4. The van der Waals surface area contributed by atoms with Gasteiger partial charge in [0.25, 0.3) is 0 Å². The van der Waals surface area contributed by atoms with Crippen LogP contribution in [0, 0.1) is 0 Å². The maximum absolute atomic E-state index is 11.3. The van der Waals surface area contributed by atoms with Crippen molar-refractivity contribution in [2.45, 2.75) is 32.6 Å². The van der Waals surface area contributed by atoms with E-state index < -0.39 is 0 Å². The largest absolute Gasteiger partial charge is 0.426 e. The van der Waals surface area contributed by atoms with Crippen LogP contribution in [-0.4, -0.2) is 12.2 Å². The van der Waals surface area contributed by atoms with Gasteiger partial charge in [0, 0.05) is 22.9 Å². The molecule has 4 nitrogen and oxygen atoms in total. The van der Waals surface area contributed by atoms with E-state index in [-0.39, 0.29) is 12.2 Å². The van der Waals surface area contributed by atoms with Crippen LogP contribution >= 0.6 is 15.9 Å². The van der Waals surface area contributed by atoms with Crippen LogP contribution in [0.4, 0.5) is 0 Å². The number of esters is 1. The highest BCUT2D eigenvalue weighted by Crippen LogP contribution is 2.33. The molecule has 17 heavy (non-hydrogen) atoms. The third-order valence-corrected chi connectivity index (χ3v) is 3.43. The van der Waals surface area contributed by atoms with Gasteiger partial charge >= 0.3 is 5.97 Å². The third kappa shape index (κ3) is 2.68. The summed E-state index contributed by atoms with van der Waals surface area (Å²) in [5.74, 6) is 0.350. The quantitative estimate of drug-likeness (QED) is 0.671. The first-order valence-corrected chi connectivity index (χ1v) is 6.29. The predicted octanol–water partition coefficient (Wildman–Crippen LogP) is 2.12. The van der Waals surface area contributed by atoms with E-state index in [4.69, 9.17) is 15.2 Å².